The predicted molar refractivity (Wildman–Crippen MR) is 91.7 cm³/mol. The zero-order valence-electron chi connectivity index (χ0n) is 14.2. The van der Waals surface area contributed by atoms with Crippen molar-refractivity contribution in [2.75, 3.05) is 6.54 Å². The van der Waals surface area contributed by atoms with E-state index < -0.39 is 0 Å². The van der Waals surface area contributed by atoms with E-state index in [1.54, 1.807) is 17.5 Å². The molecule has 5 nitrogen and oxygen atoms in total. The molecule has 0 bridgehead atoms. The molecule has 0 aliphatic carbocycles. The number of piperidine rings is 1. The molecule has 1 aliphatic rings. The molecule has 1 saturated heterocycles. The number of likely N-dealkylation sites (tertiary alicyclic amines) is 1. The third kappa shape index (κ3) is 3.32. The lowest BCUT2D eigenvalue weighted by atomic mass is 10.0. The summed E-state index contributed by atoms with van der Waals surface area (Å²) in [6.07, 6.45) is 6.74. The number of rotatable bonds is 2. The molecule has 1 amide bonds. The van der Waals surface area contributed by atoms with Crippen molar-refractivity contribution in [2.24, 2.45) is 0 Å². The monoisotopic (exact) mass is 332 g/mol. The zero-order valence-corrected chi connectivity index (χ0v) is 15.1. The van der Waals surface area contributed by atoms with E-state index in [0.717, 1.165) is 36.5 Å². The summed E-state index contributed by atoms with van der Waals surface area (Å²) in [6, 6.07) is 0.105. The summed E-state index contributed by atoms with van der Waals surface area (Å²) >= 11 is 1.66. The van der Waals surface area contributed by atoms with Gasteiger partial charge in [0, 0.05) is 23.8 Å². The average Bonchev–Trinajstić information content (AvgIpc) is 3.15. The molecule has 0 N–H and O–H groups in total. The summed E-state index contributed by atoms with van der Waals surface area (Å²) < 4.78 is 1.85. The number of hydrogen-bond donors (Lipinski definition) is 0. The van der Waals surface area contributed by atoms with Crippen LogP contribution in [-0.2, 0) is 5.54 Å². The van der Waals surface area contributed by atoms with Crippen LogP contribution in [-0.4, -0.2) is 32.1 Å². The third-order valence-electron chi connectivity index (χ3n) is 4.20. The van der Waals surface area contributed by atoms with Gasteiger partial charge in [-0.15, -0.1) is 11.3 Å². The van der Waals surface area contributed by atoms with Crippen molar-refractivity contribution in [3.63, 3.8) is 0 Å². The van der Waals surface area contributed by atoms with Gasteiger partial charge in [-0.2, -0.15) is 5.10 Å². The third-order valence-corrected chi connectivity index (χ3v) is 5.27. The van der Waals surface area contributed by atoms with E-state index in [-0.39, 0.29) is 17.5 Å². The summed E-state index contributed by atoms with van der Waals surface area (Å²) in [5, 5.41) is 7.48. The van der Waals surface area contributed by atoms with Crippen molar-refractivity contribution in [3.05, 3.63) is 34.0 Å². The van der Waals surface area contributed by atoms with Gasteiger partial charge in [-0.3, -0.25) is 9.48 Å². The highest BCUT2D eigenvalue weighted by Crippen LogP contribution is 2.33. The zero-order chi connectivity index (χ0) is 16.6. The lowest BCUT2D eigenvalue weighted by molar-refractivity contribution is 0.0611. The standard InChI is InChI=1S/C17H24N4OS/c1-12-11-23-15(19-12)14-7-5-6-8-20(14)16(22)13-9-18-21(10-13)17(2,3)4/h9-11,14H,5-8H2,1-4H3/t14-/m0/s1. The first-order valence-electron chi connectivity index (χ1n) is 8.14. The van der Waals surface area contributed by atoms with Crippen LogP contribution >= 0.6 is 11.3 Å². The lowest BCUT2D eigenvalue weighted by Crippen LogP contribution is -2.38. The minimum atomic E-state index is -0.119. The summed E-state index contributed by atoms with van der Waals surface area (Å²) in [4.78, 5) is 19.6. The molecule has 0 spiro atoms. The first-order valence-corrected chi connectivity index (χ1v) is 9.02. The minimum Gasteiger partial charge on any atom is -0.329 e. The van der Waals surface area contributed by atoms with Crippen LogP contribution in [0.15, 0.2) is 17.8 Å². The van der Waals surface area contributed by atoms with Crippen molar-refractivity contribution in [1.29, 1.82) is 0 Å². The van der Waals surface area contributed by atoms with E-state index in [1.165, 1.54) is 0 Å². The van der Waals surface area contributed by atoms with Gasteiger partial charge in [0.2, 0.25) is 0 Å². The van der Waals surface area contributed by atoms with E-state index in [0.29, 0.717) is 5.56 Å². The Morgan fingerprint density at radius 1 is 1.35 bits per heavy atom. The second-order valence-electron chi connectivity index (χ2n) is 7.18. The Bertz CT molecular complexity index is 698. The Morgan fingerprint density at radius 2 is 2.13 bits per heavy atom. The van der Waals surface area contributed by atoms with Crippen molar-refractivity contribution < 1.29 is 4.79 Å². The fourth-order valence-corrected chi connectivity index (χ4v) is 3.87. The first kappa shape index (κ1) is 16.2. The van der Waals surface area contributed by atoms with Gasteiger partial charge in [0.05, 0.1) is 23.3 Å². The van der Waals surface area contributed by atoms with Crippen molar-refractivity contribution in [3.8, 4) is 0 Å². The molecule has 23 heavy (non-hydrogen) atoms. The number of carbonyl (C=O) groups is 1. The number of thiazole rings is 1. The summed E-state index contributed by atoms with van der Waals surface area (Å²) in [5.74, 6) is 0.0676. The normalized spacial score (nSPS) is 19.1. The van der Waals surface area contributed by atoms with E-state index in [9.17, 15) is 4.79 Å². The number of aryl methyl sites for hydroxylation is 1. The Hall–Kier alpha value is -1.69. The average molecular weight is 332 g/mol. The number of nitrogens with zero attached hydrogens (tertiary/aromatic N) is 4. The van der Waals surface area contributed by atoms with Crippen molar-refractivity contribution >= 4 is 17.2 Å². The van der Waals surface area contributed by atoms with E-state index in [1.807, 2.05) is 22.7 Å². The van der Waals surface area contributed by atoms with E-state index >= 15 is 0 Å². The smallest absolute Gasteiger partial charge is 0.257 e. The second kappa shape index (κ2) is 6.07. The molecule has 1 aliphatic heterocycles. The van der Waals surface area contributed by atoms with Crippen LogP contribution in [0.3, 0.4) is 0 Å². The maximum Gasteiger partial charge on any atom is 0.257 e. The molecule has 6 heteroatoms. The summed E-state index contributed by atoms with van der Waals surface area (Å²) in [7, 11) is 0. The molecule has 2 aromatic heterocycles. The van der Waals surface area contributed by atoms with Crippen LogP contribution in [0.5, 0.6) is 0 Å². The molecular weight excluding hydrogens is 308 g/mol. The number of aromatic nitrogens is 3. The fraction of sp³-hybridized carbons (Fsp3) is 0.588. The Labute approximate surface area is 141 Å². The molecular formula is C17H24N4OS. The number of amides is 1. The highest BCUT2D eigenvalue weighted by molar-refractivity contribution is 7.09. The Morgan fingerprint density at radius 3 is 2.74 bits per heavy atom. The SMILES string of the molecule is Cc1csc([C@@H]2CCCCN2C(=O)c2cnn(C(C)(C)C)c2)n1. The van der Waals surface area contributed by atoms with Gasteiger partial charge < -0.3 is 4.90 Å². The Kier molecular flexibility index (Phi) is 4.27. The van der Waals surface area contributed by atoms with Gasteiger partial charge in [-0.25, -0.2) is 4.98 Å². The molecule has 2 aromatic rings. The summed E-state index contributed by atoms with van der Waals surface area (Å²) in [5.41, 5.74) is 1.58. The second-order valence-corrected chi connectivity index (χ2v) is 8.07. The largest absolute Gasteiger partial charge is 0.329 e. The molecule has 124 valence electrons. The molecule has 3 heterocycles. The first-order chi connectivity index (χ1) is 10.9. The van der Waals surface area contributed by atoms with Crippen LogP contribution < -0.4 is 0 Å². The maximum atomic E-state index is 13.0. The van der Waals surface area contributed by atoms with E-state index in [2.05, 4.69) is 36.2 Å². The van der Waals surface area contributed by atoms with Gasteiger partial charge >= 0.3 is 0 Å². The molecule has 0 unspecified atom stereocenters. The van der Waals surface area contributed by atoms with Crippen LogP contribution in [0.1, 0.15) is 67.1 Å². The van der Waals surface area contributed by atoms with Crippen LogP contribution in [0.25, 0.3) is 0 Å². The molecule has 0 saturated carbocycles. The Balaban J connectivity index is 1.85. The molecule has 3 rings (SSSR count). The van der Waals surface area contributed by atoms with Crippen LogP contribution in [0, 0.1) is 6.92 Å². The molecule has 1 atom stereocenters. The van der Waals surface area contributed by atoms with Gasteiger partial charge in [-0.1, -0.05) is 0 Å². The van der Waals surface area contributed by atoms with E-state index in [4.69, 9.17) is 0 Å². The molecule has 0 aromatic carbocycles. The maximum absolute atomic E-state index is 13.0. The van der Waals surface area contributed by atoms with Gasteiger partial charge in [-0.05, 0) is 47.0 Å². The van der Waals surface area contributed by atoms with Gasteiger partial charge in [0.25, 0.3) is 5.91 Å². The molecule has 1 fully saturated rings. The highest BCUT2D eigenvalue weighted by atomic mass is 32.1. The molecule has 0 radical (unpaired) electrons. The quantitative estimate of drug-likeness (QED) is 0.841. The minimum absolute atomic E-state index is 0.0676. The summed E-state index contributed by atoms with van der Waals surface area (Å²) in [6.45, 7) is 9.04. The highest BCUT2D eigenvalue weighted by Gasteiger charge is 2.31. The number of hydrogen-bond acceptors (Lipinski definition) is 4. The van der Waals surface area contributed by atoms with Gasteiger partial charge in [0.15, 0.2) is 0 Å². The predicted octanol–water partition coefficient (Wildman–Crippen LogP) is 3.77. The van der Waals surface area contributed by atoms with Crippen molar-refractivity contribution in [2.45, 2.75) is 58.5 Å². The van der Waals surface area contributed by atoms with Crippen molar-refractivity contribution in [1.82, 2.24) is 19.7 Å². The van der Waals surface area contributed by atoms with Crippen LogP contribution in [0.4, 0.5) is 0 Å². The topological polar surface area (TPSA) is 51.0 Å². The number of carbonyl (C=O) groups excluding carboxylic acids is 1. The van der Waals surface area contributed by atoms with Gasteiger partial charge in [0.1, 0.15) is 5.01 Å². The lowest BCUT2D eigenvalue weighted by Gasteiger charge is -2.34. The fourth-order valence-electron chi connectivity index (χ4n) is 2.92. The van der Waals surface area contributed by atoms with Crippen LogP contribution in [0.2, 0.25) is 0 Å².